The molecule has 1 aliphatic carbocycles. The lowest BCUT2D eigenvalue weighted by atomic mass is 10.2. The van der Waals surface area contributed by atoms with Gasteiger partial charge in [0, 0.05) is 25.6 Å². The van der Waals surface area contributed by atoms with Crippen molar-refractivity contribution in [3.63, 3.8) is 0 Å². The van der Waals surface area contributed by atoms with Crippen LogP contribution in [-0.4, -0.2) is 52.3 Å². The molecule has 0 radical (unpaired) electrons. The number of urea groups is 1. The van der Waals surface area contributed by atoms with Crippen molar-refractivity contribution in [2.24, 2.45) is 0 Å². The van der Waals surface area contributed by atoms with Gasteiger partial charge >= 0.3 is 12.0 Å². The van der Waals surface area contributed by atoms with Crippen LogP contribution in [0.25, 0.3) is 0 Å². The first-order valence-corrected chi connectivity index (χ1v) is 5.51. The Balaban J connectivity index is 2.48. The maximum atomic E-state index is 11.7. The van der Waals surface area contributed by atoms with Gasteiger partial charge in [0.1, 0.15) is 6.04 Å². The number of carbonyl (C=O) groups is 2. The number of nitrogens with one attached hydrogen (secondary N) is 1. The van der Waals surface area contributed by atoms with Gasteiger partial charge < -0.3 is 20.4 Å². The van der Waals surface area contributed by atoms with E-state index in [1.165, 1.54) is 0 Å². The molecule has 0 aromatic carbocycles. The van der Waals surface area contributed by atoms with E-state index in [9.17, 15) is 9.59 Å². The van der Waals surface area contributed by atoms with Crippen LogP contribution in [0, 0.1) is 0 Å². The highest BCUT2D eigenvalue weighted by Crippen LogP contribution is 2.26. The predicted molar refractivity (Wildman–Crippen MR) is 57.1 cm³/mol. The third-order valence-corrected chi connectivity index (χ3v) is 2.60. The van der Waals surface area contributed by atoms with E-state index in [1.807, 2.05) is 6.92 Å². The number of hydrogen-bond donors (Lipinski definition) is 3. The summed E-state index contributed by atoms with van der Waals surface area (Å²) in [7, 11) is 0. The maximum Gasteiger partial charge on any atom is 0.326 e. The molecule has 92 valence electrons. The Morgan fingerprint density at radius 1 is 1.50 bits per heavy atom. The number of aliphatic carboxylic acids is 1. The van der Waals surface area contributed by atoms with E-state index >= 15 is 0 Å². The van der Waals surface area contributed by atoms with Gasteiger partial charge in [-0.2, -0.15) is 0 Å². The lowest BCUT2D eigenvalue weighted by Crippen LogP contribution is -2.49. The summed E-state index contributed by atoms with van der Waals surface area (Å²) in [5.41, 5.74) is 0. The van der Waals surface area contributed by atoms with E-state index in [2.05, 4.69) is 5.32 Å². The number of nitrogens with zero attached hydrogens (tertiary/aromatic N) is 1. The second-order valence-electron chi connectivity index (χ2n) is 3.87. The molecule has 16 heavy (non-hydrogen) atoms. The average Bonchev–Trinajstić information content (AvgIpc) is 3.02. The number of aliphatic hydroxyl groups is 1. The molecule has 6 nitrogen and oxygen atoms in total. The number of hydrogen-bond acceptors (Lipinski definition) is 3. The van der Waals surface area contributed by atoms with Gasteiger partial charge in [-0.3, -0.25) is 0 Å². The highest BCUT2D eigenvalue weighted by Gasteiger charge is 2.32. The van der Waals surface area contributed by atoms with Gasteiger partial charge in [0.05, 0.1) is 0 Å². The van der Waals surface area contributed by atoms with Crippen LogP contribution in [0.3, 0.4) is 0 Å². The summed E-state index contributed by atoms with van der Waals surface area (Å²) >= 11 is 0. The van der Waals surface area contributed by atoms with Crippen molar-refractivity contribution in [1.29, 1.82) is 0 Å². The van der Waals surface area contributed by atoms with Gasteiger partial charge in [-0.25, -0.2) is 9.59 Å². The van der Waals surface area contributed by atoms with Crippen LogP contribution in [-0.2, 0) is 4.79 Å². The third-order valence-electron chi connectivity index (χ3n) is 2.60. The Hall–Kier alpha value is -1.30. The number of carboxylic acid groups (broad SMARTS) is 1. The van der Waals surface area contributed by atoms with Crippen molar-refractivity contribution in [3.8, 4) is 0 Å². The van der Waals surface area contributed by atoms with E-state index in [4.69, 9.17) is 10.2 Å². The molecule has 1 aliphatic rings. The first kappa shape index (κ1) is 12.8. The van der Waals surface area contributed by atoms with E-state index in [1.54, 1.807) is 4.90 Å². The first-order valence-electron chi connectivity index (χ1n) is 5.51. The van der Waals surface area contributed by atoms with Crippen molar-refractivity contribution in [3.05, 3.63) is 0 Å². The summed E-state index contributed by atoms with van der Waals surface area (Å²) in [6.07, 6.45) is 2.00. The minimum Gasteiger partial charge on any atom is -0.480 e. The number of aliphatic hydroxyl groups excluding tert-OH is 1. The zero-order valence-corrected chi connectivity index (χ0v) is 9.35. The molecule has 1 rings (SSSR count). The van der Waals surface area contributed by atoms with E-state index in [0.717, 1.165) is 12.8 Å². The minimum atomic E-state index is -1.12. The number of amides is 2. The molecule has 1 saturated carbocycles. The van der Waals surface area contributed by atoms with Crippen LogP contribution in [0.2, 0.25) is 0 Å². The Labute approximate surface area is 94.2 Å². The summed E-state index contributed by atoms with van der Waals surface area (Å²) in [4.78, 5) is 24.1. The molecule has 0 aliphatic heterocycles. The molecule has 3 N–H and O–H groups in total. The van der Waals surface area contributed by atoms with E-state index in [0.29, 0.717) is 6.54 Å². The smallest absolute Gasteiger partial charge is 0.326 e. The molecular formula is C10H18N2O4. The van der Waals surface area contributed by atoms with Gasteiger partial charge in [0.25, 0.3) is 0 Å². The van der Waals surface area contributed by atoms with Crippen LogP contribution in [0.15, 0.2) is 0 Å². The first-order chi connectivity index (χ1) is 7.60. The fourth-order valence-corrected chi connectivity index (χ4v) is 1.57. The topological polar surface area (TPSA) is 89.9 Å². The monoisotopic (exact) mass is 230 g/mol. The van der Waals surface area contributed by atoms with Gasteiger partial charge in [-0.1, -0.05) is 0 Å². The summed E-state index contributed by atoms with van der Waals surface area (Å²) in [5, 5.41) is 19.9. The Kier molecular flexibility index (Phi) is 4.54. The van der Waals surface area contributed by atoms with E-state index in [-0.39, 0.29) is 25.1 Å². The van der Waals surface area contributed by atoms with Gasteiger partial charge in [-0.15, -0.1) is 0 Å². The SMILES string of the molecule is CCN(C(=O)N[C@H](CCO)C(=O)O)C1CC1. The lowest BCUT2D eigenvalue weighted by Gasteiger charge is -2.23. The van der Waals surface area contributed by atoms with Crippen molar-refractivity contribution in [2.75, 3.05) is 13.2 Å². The minimum absolute atomic E-state index is 0.0310. The van der Waals surface area contributed by atoms with Crippen LogP contribution >= 0.6 is 0 Å². The molecule has 2 amide bonds. The second-order valence-corrected chi connectivity index (χ2v) is 3.87. The Morgan fingerprint density at radius 3 is 2.50 bits per heavy atom. The number of carbonyl (C=O) groups excluding carboxylic acids is 1. The highest BCUT2D eigenvalue weighted by atomic mass is 16.4. The lowest BCUT2D eigenvalue weighted by molar-refractivity contribution is -0.139. The van der Waals surface area contributed by atoms with E-state index < -0.39 is 12.0 Å². The van der Waals surface area contributed by atoms with Crippen molar-refractivity contribution < 1.29 is 19.8 Å². The summed E-state index contributed by atoms with van der Waals surface area (Å²) < 4.78 is 0. The normalized spacial score (nSPS) is 16.6. The Morgan fingerprint density at radius 2 is 2.12 bits per heavy atom. The molecule has 0 unspecified atom stereocenters. The fourth-order valence-electron chi connectivity index (χ4n) is 1.57. The maximum absolute atomic E-state index is 11.7. The average molecular weight is 230 g/mol. The van der Waals surface area contributed by atoms with Crippen molar-refractivity contribution in [1.82, 2.24) is 10.2 Å². The zero-order chi connectivity index (χ0) is 12.1. The predicted octanol–water partition coefficient (Wildman–Crippen LogP) is 0.0159. The van der Waals surface area contributed by atoms with Gasteiger partial charge in [0.15, 0.2) is 0 Å². The highest BCUT2D eigenvalue weighted by molar-refractivity contribution is 5.82. The molecule has 0 bridgehead atoms. The van der Waals surface area contributed by atoms with Gasteiger partial charge in [0.2, 0.25) is 0 Å². The third kappa shape index (κ3) is 3.37. The van der Waals surface area contributed by atoms with Crippen LogP contribution < -0.4 is 5.32 Å². The zero-order valence-electron chi connectivity index (χ0n) is 9.35. The van der Waals surface area contributed by atoms with Crippen LogP contribution in [0.5, 0.6) is 0 Å². The molecule has 0 spiro atoms. The number of rotatable bonds is 6. The summed E-state index contributed by atoms with van der Waals surface area (Å²) in [6.45, 7) is 2.18. The molecule has 1 atom stereocenters. The largest absolute Gasteiger partial charge is 0.480 e. The molecule has 0 saturated heterocycles. The fraction of sp³-hybridized carbons (Fsp3) is 0.800. The van der Waals surface area contributed by atoms with Crippen molar-refractivity contribution >= 4 is 12.0 Å². The molecule has 6 heteroatoms. The molecular weight excluding hydrogens is 212 g/mol. The van der Waals surface area contributed by atoms with Crippen LogP contribution in [0.1, 0.15) is 26.2 Å². The standard InChI is InChI=1S/C10H18N2O4/c1-2-12(7-3-4-7)10(16)11-8(5-6-13)9(14)15/h7-8,13H,2-6H2,1H3,(H,11,16)(H,14,15)/t8-/m1/s1. The molecule has 0 aromatic heterocycles. The quantitative estimate of drug-likeness (QED) is 0.600. The molecule has 0 heterocycles. The summed E-state index contributed by atoms with van der Waals surface area (Å²) in [5.74, 6) is -1.12. The summed E-state index contributed by atoms with van der Waals surface area (Å²) in [6, 6.07) is -1.11. The molecule has 0 aromatic rings. The van der Waals surface area contributed by atoms with Crippen molar-refractivity contribution in [2.45, 2.75) is 38.3 Å². The molecule has 1 fully saturated rings. The number of carboxylic acids is 1. The van der Waals surface area contributed by atoms with Gasteiger partial charge in [-0.05, 0) is 19.8 Å². The van der Waals surface area contributed by atoms with Crippen LogP contribution in [0.4, 0.5) is 4.79 Å². The second kappa shape index (κ2) is 5.69. The Bertz CT molecular complexity index is 266.